The highest BCUT2D eigenvalue weighted by molar-refractivity contribution is 8.00. The third-order valence-electron chi connectivity index (χ3n) is 2.52. The minimum Gasteiger partial charge on any atom is -0.545 e. The Morgan fingerprint density at radius 1 is 1.56 bits per heavy atom. The molecule has 1 N–H and O–H groups in total. The SMILES string of the molecule is O=C([O-])c1ccccc1C1(CO)OCCS1. The van der Waals surface area contributed by atoms with Gasteiger partial charge in [-0.2, -0.15) is 0 Å². The number of benzene rings is 1. The van der Waals surface area contributed by atoms with Crippen LogP contribution in [0.5, 0.6) is 0 Å². The van der Waals surface area contributed by atoms with Crippen molar-refractivity contribution in [3.8, 4) is 0 Å². The lowest BCUT2D eigenvalue weighted by Crippen LogP contribution is -2.32. The molecular formula is C11H11O4S-. The van der Waals surface area contributed by atoms with E-state index in [1.807, 2.05) is 0 Å². The zero-order chi connectivity index (χ0) is 11.6. The van der Waals surface area contributed by atoms with E-state index in [0.29, 0.717) is 12.2 Å². The first-order valence-electron chi connectivity index (χ1n) is 4.89. The molecule has 0 amide bonds. The highest BCUT2D eigenvalue weighted by Gasteiger charge is 2.39. The molecule has 16 heavy (non-hydrogen) atoms. The summed E-state index contributed by atoms with van der Waals surface area (Å²) in [7, 11) is 0. The second-order valence-corrected chi connectivity index (χ2v) is 4.80. The van der Waals surface area contributed by atoms with E-state index >= 15 is 0 Å². The van der Waals surface area contributed by atoms with E-state index in [2.05, 4.69) is 0 Å². The van der Waals surface area contributed by atoms with E-state index in [0.717, 1.165) is 5.75 Å². The average Bonchev–Trinajstić information content (AvgIpc) is 2.78. The van der Waals surface area contributed by atoms with Crippen molar-refractivity contribution in [2.75, 3.05) is 19.0 Å². The molecule has 1 aliphatic rings. The molecule has 1 unspecified atom stereocenters. The number of aromatic carboxylic acids is 1. The summed E-state index contributed by atoms with van der Waals surface area (Å²) in [6.45, 7) is 0.259. The molecule has 1 fully saturated rings. The standard InChI is InChI=1S/C11H12O4S/c12-7-11(15-5-6-16-11)9-4-2-1-3-8(9)10(13)14/h1-4,12H,5-7H2,(H,13,14)/p-1. The topological polar surface area (TPSA) is 69.6 Å². The van der Waals surface area contributed by atoms with Crippen LogP contribution in [0.4, 0.5) is 0 Å². The summed E-state index contributed by atoms with van der Waals surface area (Å²) < 4.78 is 5.49. The van der Waals surface area contributed by atoms with Gasteiger partial charge in [0.05, 0.1) is 19.2 Å². The number of hydrogen-bond donors (Lipinski definition) is 1. The first kappa shape index (κ1) is 11.4. The number of carboxylic acid groups (broad SMARTS) is 1. The molecule has 0 aromatic heterocycles. The molecule has 4 nitrogen and oxygen atoms in total. The summed E-state index contributed by atoms with van der Waals surface area (Å²) in [4.78, 5) is 10.0. The number of rotatable bonds is 3. The summed E-state index contributed by atoms with van der Waals surface area (Å²) in [6.07, 6.45) is 0. The molecule has 1 aromatic carbocycles. The Kier molecular flexibility index (Phi) is 3.18. The number of carbonyl (C=O) groups excluding carboxylic acids is 1. The highest BCUT2D eigenvalue weighted by atomic mass is 32.2. The lowest BCUT2D eigenvalue weighted by Gasteiger charge is -2.28. The van der Waals surface area contributed by atoms with Crippen LogP contribution in [0.3, 0.4) is 0 Å². The van der Waals surface area contributed by atoms with Crippen LogP contribution in [0.1, 0.15) is 15.9 Å². The molecule has 1 atom stereocenters. The van der Waals surface area contributed by atoms with Gasteiger partial charge in [0.2, 0.25) is 0 Å². The molecule has 0 saturated carbocycles. The molecule has 1 aromatic rings. The molecule has 1 heterocycles. The van der Waals surface area contributed by atoms with Gasteiger partial charge in [0.15, 0.2) is 4.93 Å². The quantitative estimate of drug-likeness (QED) is 0.801. The molecule has 0 spiro atoms. The summed E-state index contributed by atoms with van der Waals surface area (Å²) in [5, 5.41) is 20.4. The second-order valence-electron chi connectivity index (χ2n) is 3.44. The number of carboxylic acids is 1. The van der Waals surface area contributed by atoms with Crippen LogP contribution < -0.4 is 5.11 Å². The first-order valence-corrected chi connectivity index (χ1v) is 5.88. The maximum absolute atomic E-state index is 11.0. The van der Waals surface area contributed by atoms with E-state index in [-0.39, 0.29) is 12.2 Å². The first-order chi connectivity index (χ1) is 7.69. The summed E-state index contributed by atoms with van der Waals surface area (Å²) >= 11 is 1.41. The number of carbonyl (C=O) groups is 1. The molecule has 0 bridgehead atoms. The zero-order valence-corrected chi connectivity index (χ0v) is 9.33. The highest BCUT2D eigenvalue weighted by Crippen LogP contribution is 2.43. The maximum atomic E-state index is 11.0. The Labute approximate surface area is 97.2 Å². The van der Waals surface area contributed by atoms with Gasteiger partial charge in [-0.3, -0.25) is 0 Å². The van der Waals surface area contributed by atoms with Gasteiger partial charge in [0, 0.05) is 16.9 Å². The monoisotopic (exact) mass is 239 g/mol. The van der Waals surface area contributed by atoms with Crippen molar-refractivity contribution in [3.05, 3.63) is 35.4 Å². The summed E-state index contributed by atoms with van der Waals surface area (Å²) in [5.74, 6) is -0.512. The molecule has 1 saturated heterocycles. The number of aliphatic hydroxyl groups is 1. The van der Waals surface area contributed by atoms with Crippen molar-refractivity contribution in [1.82, 2.24) is 0 Å². The molecule has 0 radical (unpaired) electrons. The lowest BCUT2D eigenvalue weighted by atomic mass is 10.0. The van der Waals surface area contributed by atoms with Crippen LogP contribution in [0, 0.1) is 0 Å². The van der Waals surface area contributed by atoms with E-state index < -0.39 is 10.9 Å². The molecule has 2 rings (SSSR count). The smallest absolute Gasteiger partial charge is 0.162 e. The predicted molar refractivity (Wildman–Crippen MR) is 57.9 cm³/mol. The van der Waals surface area contributed by atoms with Gasteiger partial charge in [-0.15, -0.1) is 11.8 Å². The van der Waals surface area contributed by atoms with Crippen molar-refractivity contribution >= 4 is 17.7 Å². The molecule has 1 aliphatic heterocycles. The van der Waals surface area contributed by atoms with Gasteiger partial charge in [0.1, 0.15) is 0 Å². The van der Waals surface area contributed by atoms with Crippen LogP contribution in [0.2, 0.25) is 0 Å². The molecule has 5 heteroatoms. The van der Waals surface area contributed by atoms with E-state index in [4.69, 9.17) is 4.74 Å². The zero-order valence-electron chi connectivity index (χ0n) is 8.51. The molecule has 86 valence electrons. The lowest BCUT2D eigenvalue weighted by molar-refractivity contribution is -0.255. The van der Waals surface area contributed by atoms with Crippen molar-refractivity contribution in [2.45, 2.75) is 4.93 Å². The Morgan fingerprint density at radius 3 is 2.88 bits per heavy atom. The molecular weight excluding hydrogens is 228 g/mol. The number of ether oxygens (including phenoxy) is 1. The maximum Gasteiger partial charge on any atom is 0.162 e. The van der Waals surface area contributed by atoms with Crippen LogP contribution in [-0.2, 0) is 9.67 Å². The average molecular weight is 239 g/mol. The van der Waals surface area contributed by atoms with Crippen molar-refractivity contribution < 1.29 is 19.7 Å². The third-order valence-corrected chi connectivity index (χ3v) is 3.82. The predicted octanol–water partition coefficient (Wildman–Crippen LogP) is -0.0414. The van der Waals surface area contributed by atoms with Gasteiger partial charge in [-0.05, 0) is 0 Å². The Hall–Kier alpha value is -1.04. The number of aliphatic hydroxyl groups excluding tert-OH is 1. The van der Waals surface area contributed by atoms with Crippen LogP contribution in [0.15, 0.2) is 24.3 Å². The normalized spacial score (nSPS) is 24.6. The Balaban J connectivity index is 2.49. The molecule has 0 aliphatic carbocycles. The van der Waals surface area contributed by atoms with Gasteiger partial charge in [-0.1, -0.05) is 24.3 Å². The summed E-state index contributed by atoms with van der Waals surface area (Å²) in [6, 6.07) is 6.46. The van der Waals surface area contributed by atoms with Crippen LogP contribution in [0.25, 0.3) is 0 Å². The van der Waals surface area contributed by atoms with Crippen LogP contribution in [-0.4, -0.2) is 30.0 Å². The fourth-order valence-corrected chi connectivity index (χ4v) is 2.87. The minimum absolute atomic E-state index is 0.0750. The number of hydrogen-bond acceptors (Lipinski definition) is 5. The number of thioether (sulfide) groups is 1. The Morgan fingerprint density at radius 2 is 2.31 bits per heavy atom. The van der Waals surface area contributed by atoms with E-state index in [1.165, 1.54) is 17.8 Å². The van der Waals surface area contributed by atoms with Crippen molar-refractivity contribution in [2.24, 2.45) is 0 Å². The van der Waals surface area contributed by atoms with Gasteiger partial charge >= 0.3 is 0 Å². The van der Waals surface area contributed by atoms with Crippen molar-refractivity contribution in [3.63, 3.8) is 0 Å². The second kappa shape index (κ2) is 4.45. The Bertz CT molecular complexity index is 399. The van der Waals surface area contributed by atoms with Gasteiger partial charge in [-0.25, -0.2) is 0 Å². The fraction of sp³-hybridized carbons (Fsp3) is 0.364. The van der Waals surface area contributed by atoms with E-state index in [9.17, 15) is 15.0 Å². The third kappa shape index (κ3) is 1.81. The van der Waals surface area contributed by atoms with Crippen LogP contribution >= 0.6 is 11.8 Å². The largest absolute Gasteiger partial charge is 0.545 e. The summed E-state index contributed by atoms with van der Waals surface area (Å²) in [5.41, 5.74) is 0.547. The van der Waals surface area contributed by atoms with Crippen molar-refractivity contribution in [1.29, 1.82) is 0 Å². The van der Waals surface area contributed by atoms with Gasteiger partial charge in [0.25, 0.3) is 0 Å². The van der Waals surface area contributed by atoms with Gasteiger partial charge < -0.3 is 19.7 Å². The fourth-order valence-electron chi connectivity index (χ4n) is 1.78. The van der Waals surface area contributed by atoms with E-state index in [1.54, 1.807) is 18.2 Å². The minimum atomic E-state index is -1.25.